The molecule has 0 unspecified atom stereocenters. The molecule has 0 atom stereocenters. The number of anilines is 1. The van der Waals surface area contributed by atoms with E-state index in [9.17, 15) is 14.9 Å². The molecule has 1 aromatic carbocycles. The van der Waals surface area contributed by atoms with Crippen molar-refractivity contribution in [1.29, 1.82) is 0 Å². The van der Waals surface area contributed by atoms with Crippen LogP contribution in [0.3, 0.4) is 0 Å². The number of carbonyl (C=O) groups is 1. The number of hydrogen-bond acceptors (Lipinski definition) is 4. The van der Waals surface area contributed by atoms with E-state index in [1.165, 1.54) is 12.1 Å². The average molecular weight is 276 g/mol. The molecular weight excluding hydrogens is 264 g/mol. The van der Waals surface area contributed by atoms with Crippen molar-refractivity contribution < 1.29 is 9.72 Å². The first-order valence-electron chi connectivity index (χ1n) is 5.59. The van der Waals surface area contributed by atoms with Gasteiger partial charge in [-0.2, -0.15) is 0 Å². The van der Waals surface area contributed by atoms with Crippen LogP contribution in [0.5, 0.6) is 0 Å². The Morgan fingerprint density at radius 3 is 2.37 bits per heavy atom. The van der Waals surface area contributed by atoms with Crippen LogP contribution in [0, 0.1) is 24.0 Å². The van der Waals surface area contributed by atoms with Crippen molar-refractivity contribution in [3.8, 4) is 0 Å². The van der Waals surface area contributed by atoms with Gasteiger partial charge in [-0.15, -0.1) is 0 Å². The summed E-state index contributed by atoms with van der Waals surface area (Å²) in [5, 5.41) is 13.3. The molecule has 98 valence electrons. The summed E-state index contributed by atoms with van der Waals surface area (Å²) in [5.74, 6) is -0.330. The summed E-state index contributed by atoms with van der Waals surface area (Å²) in [6, 6.07) is 8.51. The zero-order chi connectivity index (χ0) is 14.0. The van der Waals surface area contributed by atoms with E-state index in [0.29, 0.717) is 10.6 Å². The fourth-order valence-corrected chi connectivity index (χ4v) is 2.50. The van der Waals surface area contributed by atoms with E-state index in [2.05, 4.69) is 5.32 Å². The molecule has 1 N–H and O–H groups in total. The number of carbonyl (C=O) groups excluding carboxylic acids is 1. The second-order valence-corrected chi connectivity index (χ2v) is 5.29. The summed E-state index contributed by atoms with van der Waals surface area (Å²) < 4.78 is 0. The molecule has 0 bridgehead atoms. The smallest absolute Gasteiger partial charge is 0.321 e. The Hall–Kier alpha value is -2.21. The van der Waals surface area contributed by atoms with Crippen LogP contribution >= 0.6 is 11.3 Å². The molecule has 0 aliphatic carbocycles. The molecule has 0 saturated carbocycles. The number of rotatable bonds is 3. The number of aryl methyl sites for hydroxylation is 2. The highest BCUT2D eigenvalue weighted by Crippen LogP contribution is 2.25. The third kappa shape index (κ3) is 3.17. The number of benzene rings is 1. The van der Waals surface area contributed by atoms with Crippen molar-refractivity contribution in [3.05, 3.63) is 56.5 Å². The normalized spacial score (nSPS) is 10.2. The zero-order valence-electron chi connectivity index (χ0n) is 10.5. The summed E-state index contributed by atoms with van der Waals surface area (Å²) in [5.41, 5.74) is 2.79. The van der Waals surface area contributed by atoms with Gasteiger partial charge >= 0.3 is 5.00 Å². The molecule has 5 nitrogen and oxygen atoms in total. The van der Waals surface area contributed by atoms with Gasteiger partial charge in [0.2, 0.25) is 0 Å². The Labute approximate surface area is 114 Å². The van der Waals surface area contributed by atoms with Gasteiger partial charge in [-0.25, -0.2) is 0 Å². The van der Waals surface area contributed by atoms with Gasteiger partial charge in [0.25, 0.3) is 5.91 Å². The summed E-state index contributed by atoms with van der Waals surface area (Å²) in [4.78, 5) is 22.3. The number of nitrogens with zero attached hydrogens (tertiary/aromatic N) is 1. The quantitative estimate of drug-likeness (QED) is 0.688. The fourth-order valence-electron chi connectivity index (χ4n) is 1.79. The summed E-state index contributed by atoms with van der Waals surface area (Å²) >= 11 is 0.866. The lowest BCUT2D eigenvalue weighted by Gasteiger charge is -2.06. The molecule has 19 heavy (non-hydrogen) atoms. The monoisotopic (exact) mass is 276 g/mol. The van der Waals surface area contributed by atoms with Crippen molar-refractivity contribution in [2.75, 3.05) is 5.32 Å². The SMILES string of the molecule is Cc1cc(C)cc(NC(=O)c2ccc([N+](=O)[O-])s2)c1. The topological polar surface area (TPSA) is 72.2 Å². The Morgan fingerprint density at radius 2 is 1.84 bits per heavy atom. The second-order valence-electron chi connectivity index (χ2n) is 4.23. The van der Waals surface area contributed by atoms with Gasteiger partial charge in [-0.1, -0.05) is 17.4 Å². The predicted molar refractivity (Wildman–Crippen MR) is 74.8 cm³/mol. The molecule has 2 aromatic rings. The lowest BCUT2D eigenvalue weighted by molar-refractivity contribution is -0.380. The lowest BCUT2D eigenvalue weighted by Crippen LogP contribution is -2.10. The number of hydrogen-bond donors (Lipinski definition) is 1. The molecule has 2 rings (SSSR count). The Morgan fingerprint density at radius 1 is 1.21 bits per heavy atom. The third-order valence-corrected chi connectivity index (χ3v) is 3.51. The van der Waals surface area contributed by atoms with E-state index >= 15 is 0 Å². The second kappa shape index (κ2) is 5.19. The molecule has 1 aromatic heterocycles. The average Bonchev–Trinajstić information content (AvgIpc) is 2.76. The summed E-state index contributed by atoms with van der Waals surface area (Å²) in [7, 11) is 0. The third-order valence-electron chi connectivity index (χ3n) is 2.48. The first-order valence-corrected chi connectivity index (χ1v) is 6.41. The maximum Gasteiger partial charge on any atom is 0.324 e. The van der Waals surface area contributed by atoms with Crippen molar-refractivity contribution in [2.24, 2.45) is 0 Å². The number of nitro groups is 1. The summed E-state index contributed by atoms with van der Waals surface area (Å²) in [6.45, 7) is 3.89. The van der Waals surface area contributed by atoms with Crippen LogP contribution in [0.2, 0.25) is 0 Å². The van der Waals surface area contributed by atoms with Crippen LogP contribution in [0.4, 0.5) is 10.7 Å². The zero-order valence-corrected chi connectivity index (χ0v) is 11.3. The van der Waals surface area contributed by atoms with E-state index in [0.717, 1.165) is 22.5 Å². The van der Waals surface area contributed by atoms with Crippen molar-refractivity contribution in [3.63, 3.8) is 0 Å². The Kier molecular flexibility index (Phi) is 3.62. The number of thiophene rings is 1. The molecule has 1 heterocycles. The van der Waals surface area contributed by atoms with E-state index in [1.807, 2.05) is 32.0 Å². The first-order chi connectivity index (χ1) is 8.95. The van der Waals surface area contributed by atoms with Crippen molar-refractivity contribution in [1.82, 2.24) is 0 Å². The summed E-state index contributed by atoms with van der Waals surface area (Å²) in [6.07, 6.45) is 0. The van der Waals surface area contributed by atoms with Crippen molar-refractivity contribution in [2.45, 2.75) is 13.8 Å². The van der Waals surface area contributed by atoms with Crippen LogP contribution in [-0.4, -0.2) is 10.8 Å². The lowest BCUT2D eigenvalue weighted by atomic mass is 10.1. The van der Waals surface area contributed by atoms with Gasteiger partial charge in [0, 0.05) is 11.8 Å². The van der Waals surface area contributed by atoms with E-state index in [1.54, 1.807) is 0 Å². The van der Waals surface area contributed by atoms with Gasteiger partial charge in [-0.05, 0) is 43.2 Å². The molecule has 0 radical (unpaired) electrons. The van der Waals surface area contributed by atoms with E-state index in [-0.39, 0.29) is 10.9 Å². The minimum Gasteiger partial charge on any atom is -0.321 e. The van der Waals surface area contributed by atoms with Crippen LogP contribution in [0.15, 0.2) is 30.3 Å². The van der Waals surface area contributed by atoms with E-state index in [4.69, 9.17) is 0 Å². The molecule has 1 amide bonds. The number of amides is 1. The molecule has 0 saturated heterocycles. The fraction of sp³-hybridized carbons (Fsp3) is 0.154. The maximum absolute atomic E-state index is 11.9. The highest BCUT2D eigenvalue weighted by molar-refractivity contribution is 7.17. The minimum absolute atomic E-state index is 0.0365. The first kappa shape index (κ1) is 13.2. The van der Waals surface area contributed by atoms with Gasteiger partial charge in [-0.3, -0.25) is 14.9 Å². The van der Waals surface area contributed by atoms with Crippen molar-refractivity contribution >= 4 is 27.9 Å². The minimum atomic E-state index is -0.502. The van der Waals surface area contributed by atoms with Crippen LogP contribution in [-0.2, 0) is 0 Å². The molecule has 0 aliphatic rings. The number of nitrogens with one attached hydrogen (secondary N) is 1. The predicted octanol–water partition coefficient (Wildman–Crippen LogP) is 3.53. The molecule has 6 heteroatoms. The molecule has 0 spiro atoms. The maximum atomic E-state index is 11.9. The highest BCUT2D eigenvalue weighted by Gasteiger charge is 2.15. The van der Waals surface area contributed by atoms with Crippen LogP contribution in [0.25, 0.3) is 0 Å². The van der Waals surface area contributed by atoms with Gasteiger partial charge in [0.1, 0.15) is 0 Å². The Bertz CT molecular complexity index is 629. The standard InChI is InChI=1S/C13H12N2O3S/c1-8-5-9(2)7-10(6-8)14-13(16)11-3-4-12(19-11)15(17)18/h3-7H,1-2H3,(H,14,16). The van der Waals surface area contributed by atoms with Crippen LogP contribution < -0.4 is 5.32 Å². The molecular formula is C13H12N2O3S. The highest BCUT2D eigenvalue weighted by atomic mass is 32.1. The van der Waals surface area contributed by atoms with Gasteiger partial charge < -0.3 is 5.32 Å². The van der Waals surface area contributed by atoms with Crippen LogP contribution in [0.1, 0.15) is 20.8 Å². The van der Waals surface area contributed by atoms with Gasteiger partial charge in [0.05, 0.1) is 9.80 Å². The van der Waals surface area contributed by atoms with E-state index < -0.39 is 4.92 Å². The van der Waals surface area contributed by atoms with Gasteiger partial charge in [0.15, 0.2) is 0 Å². The Balaban J connectivity index is 2.18. The molecule has 0 fully saturated rings. The molecule has 0 aliphatic heterocycles. The largest absolute Gasteiger partial charge is 0.324 e.